The number of likely N-dealkylation sites (tertiary alicyclic amines) is 1. The third-order valence-electron chi connectivity index (χ3n) is 4.98. The van der Waals surface area contributed by atoms with Crippen molar-refractivity contribution in [3.8, 4) is 11.5 Å². The Balaban J connectivity index is 0.00000300. The Morgan fingerprint density at radius 2 is 1.93 bits per heavy atom. The van der Waals surface area contributed by atoms with Gasteiger partial charge in [-0.3, -0.25) is 0 Å². The molecule has 0 saturated carbocycles. The molecule has 1 saturated heterocycles. The predicted octanol–water partition coefficient (Wildman–Crippen LogP) is 4.06. The minimum atomic E-state index is 0. The highest BCUT2D eigenvalue weighted by molar-refractivity contribution is 14.0. The van der Waals surface area contributed by atoms with Crippen LogP contribution in [-0.2, 0) is 6.54 Å². The molecule has 0 amide bonds. The Morgan fingerprint density at radius 1 is 1.21 bits per heavy atom. The van der Waals surface area contributed by atoms with Crippen LogP contribution in [0.25, 0.3) is 11.5 Å². The van der Waals surface area contributed by atoms with Gasteiger partial charge in [0.25, 0.3) is 0 Å². The van der Waals surface area contributed by atoms with E-state index in [-0.39, 0.29) is 24.0 Å². The van der Waals surface area contributed by atoms with Gasteiger partial charge in [-0.1, -0.05) is 24.6 Å². The Bertz CT molecular complexity index is 753. The Labute approximate surface area is 191 Å². The highest BCUT2D eigenvalue weighted by Gasteiger charge is 2.15. The number of guanidine groups is 1. The molecule has 7 heteroatoms. The van der Waals surface area contributed by atoms with E-state index in [1.807, 2.05) is 12.1 Å². The summed E-state index contributed by atoms with van der Waals surface area (Å²) in [6.07, 6.45) is 4.37. The number of aromatic nitrogens is 1. The first-order valence-electron chi connectivity index (χ1n) is 10.4. The van der Waals surface area contributed by atoms with E-state index >= 15 is 0 Å². The Hall–Kier alpha value is -1.61. The molecule has 3 rings (SSSR count). The second kappa shape index (κ2) is 12.2. The van der Waals surface area contributed by atoms with Crippen molar-refractivity contribution in [3.63, 3.8) is 0 Å². The first kappa shape index (κ1) is 23.7. The lowest BCUT2D eigenvalue weighted by Crippen LogP contribution is -2.41. The summed E-state index contributed by atoms with van der Waals surface area (Å²) in [6, 6.07) is 8.19. The van der Waals surface area contributed by atoms with E-state index < -0.39 is 0 Å². The number of aryl methyl sites for hydroxylation is 1. The average Bonchev–Trinajstić information content (AvgIpc) is 3.37. The van der Waals surface area contributed by atoms with Crippen LogP contribution in [0, 0.1) is 12.8 Å². The van der Waals surface area contributed by atoms with E-state index in [0.29, 0.717) is 18.4 Å². The van der Waals surface area contributed by atoms with Crippen molar-refractivity contribution in [3.05, 3.63) is 41.8 Å². The molecule has 1 aliphatic heterocycles. The van der Waals surface area contributed by atoms with Crippen LogP contribution in [0.15, 0.2) is 39.9 Å². The third-order valence-corrected chi connectivity index (χ3v) is 4.98. The zero-order valence-electron chi connectivity index (χ0n) is 17.8. The Kier molecular flexibility index (Phi) is 9.93. The number of hydrogen-bond donors (Lipinski definition) is 2. The lowest BCUT2D eigenvalue weighted by molar-refractivity contribution is 0.287. The van der Waals surface area contributed by atoms with Gasteiger partial charge in [0, 0.05) is 25.2 Å². The van der Waals surface area contributed by atoms with Gasteiger partial charge in [0.2, 0.25) is 5.89 Å². The number of hydrogen-bond acceptors (Lipinski definition) is 4. The van der Waals surface area contributed by atoms with Gasteiger partial charge >= 0.3 is 0 Å². The SMILES string of the molecule is CCNC(=NCc1coc(-c2ccc(C)cc2)n1)NCC(C)CN1CCCC1.I. The van der Waals surface area contributed by atoms with E-state index in [2.05, 4.69) is 58.4 Å². The summed E-state index contributed by atoms with van der Waals surface area (Å²) in [6.45, 7) is 12.3. The van der Waals surface area contributed by atoms with Crippen molar-refractivity contribution in [2.24, 2.45) is 10.9 Å². The maximum Gasteiger partial charge on any atom is 0.226 e. The number of halogens is 1. The van der Waals surface area contributed by atoms with Crippen LogP contribution in [0.5, 0.6) is 0 Å². The predicted molar refractivity (Wildman–Crippen MR) is 130 cm³/mol. The molecule has 1 unspecified atom stereocenters. The molecule has 0 radical (unpaired) electrons. The van der Waals surface area contributed by atoms with Crippen molar-refractivity contribution >= 4 is 29.9 Å². The van der Waals surface area contributed by atoms with Crippen LogP contribution < -0.4 is 10.6 Å². The fraction of sp³-hybridized carbons (Fsp3) is 0.545. The quantitative estimate of drug-likeness (QED) is 0.318. The maximum atomic E-state index is 5.63. The average molecular weight is 511 g/mol. The zero-order chi connectivity index (χ0) is 19.8. The molecular weight excluding hydrogens is 477 g/mol. The van der Waals surface area contributed by atoms with E-state index in [9.17, 15) is 0 Å². The maximum absolute atomic E-state index is 5.63. The molecule has 2 aromatic rings. The van der Waals surface area contributed by atoms with Crippen molar-refractivity contribution in [1.82, 2.24) is 20.5 Å². The van der Waals surface area contributed by atoms with Crippen LogP contribution in [0.2, 0.25) is 0 Å². The summed E-state index contributed by atoms with van der Waals surface area (Å²) in [5.74, 6) is 2.06. The van der Waals surface area contributed by atoms with Crippen molar-refractivity contribution < 1.29 is 4.42 Å². The number of nitrogens with zero attached hydrogens (tertiary/aromatic N) is 3. The fourth-order valence-corrected chi connectivity index (χ4v) is 3.45. The van der Waals surface area contributed by atoms with Gasteiger partial charge < -0.3 is 20.0 Å². The van der Waals surface area contributed by atoms with E-state index in [0.717, 1.165) is 36.9 Å². The lowest BCUT2D eigenvalue weighted by Gasteiger charge is -2.21. The summed E-state index contributed by atoms with van der Waals surface area (Å²) in [4.78, 5) is 11.8. The number of aliphatic imine (C=N–C) groups is 1. The summed E-state index contributed by atoms with van der Waals surface area (Å²) in [5, 5.41) is 6.78. The van der Waals surface area contributed by atoms with Gasteiger partial charge in [0.1, 0.15) is 12.0 Å². The molecule has 0 bridgehead atoms. The number of oxazole rings is 1. The highest BCUT2D eigenvalue weighted by atomic mass is 127. The van der Waals surface area contributed by atoms with Crippen molar-refractivity contribution in [2.45, 2.75) is 40.2 Å². The molecule has 1 aromatic heterocycles. The van der Waals surface area contributed by atoms with Gasteiger partial charge in [-0.25, -0.2) is 9.98 Å². The van der Waals surface area contributed by atoms with Crippen molar-refractivity contribution in [1.29, 1.82) is 0 Å². The van der Waals surface area contributed by atoms with Gasteiger partial charge in [0.15, 0.2) is 5.96 Å². The van der Waals surface area contributed by atoms with Gasteiger partial charge in [-0.2, -0.15) is 0 Å². The van der Waals surface area contributed by atoms with E-state index in [4.69, 9.17) is 4.42 Å². The van der Waals surface area contributed by atoms with Crippen LogP contribution in [0.1, 0.15) is 37.9 Å². The largest absolute Gasteiger partial charge is 0.444 e. The summed E-state index contributed by atoms with van der Waals surface area (Å²) >= 11 is 0. The second-order valence-corrected chi connectivity index (χ2v) is 7.70. The van der Waals surface area contributed by atoms with Crippen LogP contribution >= 0.6 is 24.0 Å². The molecular formula is C22H34IN5O. The molecule has 0 spiro atoms. The molecule has 1 aromatic carbocycles. The number of benzene rings is 1. The van der Waals surface area contributed by atoms with E-state index in [1.54, 1.807) is 6.26 Å². The molecule has 1 aliphatic rings. The highest BCUT2D eigenvalue weighted by Crippen LogP contribution is 2.19. The first-order chi connectivity index (χ1) is 13.6. The van der Waals surface area contributed by atoms with Crippen LogP contribution in [-0.4, -0.2) is 48.6 Å². The molecule has 1 fully saturated rings. The first-order valence-corrected chi connectivity index (χ1v) is 10.4. The molecule has 6 nitrogen and oxygen atoms in total. The minimum Gasteiger partial charge on any atom is -0.444 e. The summed E-state index contributed by atoms with van der Waals surface area (Å²) in [5.41, 5.74) is 3.04. The molecule has 2 N–H and O–H groups in total. The van der Waals surface area contributed by atoms with Gasteiger partial charge in [-0.05, 0) is 57.8 Å². The molecule has 2 heterocycles. The Morgan fingerprint density at radius 3 is 2.62 bits per heavy atom. The van der Waals surface area contributed by atoms with Crippen LogP contribution in [0.4, 0.5) is 0 Å². The van der Waals surface area contributed by atoms with E-state index in [1.165, 1.54) is 31.5 Å². The second-order valence-electron chi connectivity index (χ2n) is 7.70. The third kappa shape index (κ3) is 7.62. The lowest BCUT2D eigenvalue weighted by atomic mass is 10.1. The molecule has 1 atom stereocenters. The summed E-state index contributed by atoms with van der Waals surface area (Å²) < 4.78 is 5.63. The van der Waals surface area contributed by atoms with Crippen molar-refractivity contribution in [2.75, 3.05) is 32.7 Å². The molecule has 160 valence electrons. The monoisotopic (exact) mass is 511 g/mol. The summed E-state index contributed by atoms with van der Waals surface area (Å²) in [7, 11) is 0. The van der Waals surface area contributed by atoms with Gasteiger partial charge in [0.05, 0.1) is 6.54 Å². The smallest absolute Gasteiger partial charge is 0.226 e. The minimum absolute atomic E-state index is 0. The standard InChI is InChI=1S/C22H33N5O.HI/c1-4-23-22(24-13-18(3)15-27-11-5-6-12-27)25-14-20-16-28-21(26-20)19-9-7-17(2)8-10-19;/h7-10,16,18H,4-6,11-15H2,1-3H3,(H2,23,24,25);1H. The molecule has 29 heavy (non-hydrogen) atoms. The fourth-order valence-electron chi connectivity index (χ4n) is 3.45. The zero-order valence-corrected chi connectivity index (χ0v) is 20.1. The number of rotatable bonds is 8. The topological polar surface area (TPSA) is 65.7 Å². The normalized spacial score (nSPS) is 15.8. The molecule has 0 aliphatic carbocycles. The van der Waals surface area contributed by atoms with Gasteiger partial charge in [-0.15, -0.1) is 24.0 Å². The number of nitrogens with one attached hydrogen (secondary N) is 2. The van der Waals surface area contributed by atoms with Crippen LogP contribution in [0.3, 0.4) is 0 Å².